The van der Waals surface area contributed by atoms with Crippen LogP contribution in [-0.4, -0.2) is 19.8 Å². The normalized spacial score (nSPS) is 10.5. The smallest absolute Gasteiger partial charge is 0.344 e. The Morgan fingerprint density at radius 3 is 2.69 bits per heavy atom. The highest BCUT2D eigenvalue weighted by Crippen LogP contribution is 2.18. The first-order chi connectivity index (χ1) is 7.93. The SMILES string of the molecule is c1ccc(Oc2nnc3cccnn23)cc1. The van der Waals surface area contributed by atoms with Gasteiger partial charge in [0.1, 0.15) is 5.75 Å². The lowest BCUT2D eigenvalue weighted by atomic mass is 10.3. The molecule has 0 aliphatic rings. The van der Waals surface area contributed by atoms with E-state index in [0.29, 0.717) is 17.4 Å². The maximum absolute atomic E-state index is 5.56. The quantitative estimate of drug-likeness (QED) is 0.651. The van der Waals surface area contributed by atoms with E-state index in [4.69, 9.17) is 4.74 Å². The van der Waals surface area contributed by atoms with Gasteiger partial charge >= 0.3 is 6.01 Å². The Kier molecular flexibility index (Phi) is 2.00. The minimum Gasteiger partial charge on any atom is -0.423 e. The van der Waals surface area contributed by atoms with Crippen LogP contribution in [0.1, 0.15) is 0 Å². The molecule has 1 aromatic carbocycles. The van der Waals surface area contributed by atoms with Crippen molar-refractivity contribution in [3.63, 3.8) is 0 Å². The number of benzene rings is 1. The average molecular weight is 212 g/mol. The Hall–Kier alpha value is -2.43. The molecule has 5 heteroatoms. The van der Waals surface area contributed by atoms with Crippen molar-refractivity contribution in [3.05, 3.63) is 48.7 Å². The molecular formula is C11H8N4O. The van der Waals surface area contributed by atoms with Gasteiger partial charge in [-0.15, -0.1) is 5.10 Å². The van der Waals surface area contributed by atoms with Crippen LogP contribution in [0.4, 0.5) is 0 Å². The zero-order chi connectivity index (χ0) is 10.8. The van der Waals surface area contributed by atoms with E-state index in [0.717, 1.165) is 0 Å². The molecule has 0 saturated carbocycles. The molecule has 0 aliphatic heterocycles. The van der Waals surface area contributed by atoms with Crippen LogP contribution in [0.3, 0.4) is 0 Å². The molecule has 78 valence electrons. The van der Waals surface area contributed by atoms with Crippen LogP contribution in [0, 0.1) is 0 Å². The Bertz CT molecular complexity index is 605. The molecule has 0 aliphatic carbocycles. The van der Waals surface area contributed by atoms with Gasteiger partial charge in [0.2, 0.25) is 0 Å². The maximum Gasteiger partial charge on any atom is 0.344 e. The summed E-state index contributed by atoms with van der Waals surface area (Å²) in [5, 5.41) is 12.0. The van der Waals surface area contributed by atoms with Gasteiger partial charge in [0.15, 0.2) is 5.65 Å². The number of hydrogen-bond acceptors (Lipinski definition) is 4. The summed E-state index contributed by atoms with van der Waals surface area (Å²) in [7, 11) is 0. The number of hydrogen-bond donors (Lipinski definition) is 0. The summed E-state index contributed by atoms with van der Waals surface area (Å²) in [5.74, 6) is 0.711. The molecule has 0 atom stereocenters. The molecule has 0 saturated heterocycles. The minimum absolute atomic E-state index is 0.363. The fourth-order valence-electron chi connectivity index (χ4n) is 1.38. The summed E-state index contributed by atoms with van der Waals surface area (Å²) in [6.07, 6.45) is 1.66. The fourth-order valence-corrected chi connectivity index (χ4v) is 1.38. The zero-order valence-corrected chi connectivity index (χ0v) is 8.32. The van der Waals surface area contributed by atoms with Crippen LogP contribution in [0.25, 0.3) is 5.65 Å². The van der Waals surface area contributed by atoms with E-state index >= 15 is 0 Å². The molecular weight excluding hydrogens is 204 g/mol. The first kappa shape index (κ1) is 8.84. The van der Waals surface area contributed by atoms with Crippen molar-refractivity contribution in [3.8, 4) is 11.8 Å². The maximum atomic E-state index is 5.56. The van der Waals surface area contributed by atoms with Gasteiger partial charge in [0.25, 0.3) is 0 Å². The molecule has 0 amide bonds. The van der Waals surface area contributed by atoms with Crippen molar-refractivity contribution in [1.82, 2.24) is 19.8 Å². The van der Waals surface area contributed by atoms with E-state index < -0.39 is 0 Å². The topological polar surface area (TPSA) is 52.3 Å². The van der Waals surface area contributed by atoms with Crippen molar-refractivity contribution in [2.75, 3.05) is 0 Å². The lowest BCUT2D eigenvalue weighted by Gasteiger charge is -2.01. The molecule has 0 fully saturated rings. The second-order valence-corrected chi connectivity index (χ2v) is 3.19. The van der Waals surface area contributed by atoms with Crippen molar-refractivity contribution >= 4 is 5.65 Å². The van der Waals surface area contributed by atoms with Crippen molar-refractivity contribution in [1.29, 1.82) is 0 Å². The fraction of sp³-hybridized carbons (Fsp3) is 0. The first-order valence-corrected chi connectivity index (χ1v) is 4.83. The Balaban J connectivity index is 2.01. The molecule has 0 N–H and O–H groups in total. The third-order valence-corrected chi connectivity index (χ3v) is 2.10. The summed E-state index contributed by atoms with van der Waals surface area (Å²) >= 11 is 0. The number of aromatic nitrogens is 4. The Morgan fingerprint density at radius 2 is 1.81 bits per heavy atom. The lowest BCUT2D eigenvalue weighted by molar-refractivity contribution is 0.428. The largest absolute Gasteiger partial charge is 0.423 e. The van der Waals surface area contributed by atoms with Gasteiger partial charge in [-0.1, -0.05) is 23.3 Å². The van der Waals surface area contributed by atoms with Gasteiger partial charge in [-0.05, 0) is 24.3 Å². The van der Waals surface area contributed by atoms with Crippen LogP contribution in [0.5, 0.6) is 11.8 Å². The zero-order valence-electron chi connectivity index (χ0n) is 8.32. The van der Waals surface area contributed by atoms with Gasteiger partial charge in [0, 0.05) is 6.20 Å². The summed E-state index contributed by atoms with van der Waals surface area (Å²) < 4.78 is 7.11. The molecule has 2 heterocycles. The Labute approximate surface area is 91.3 Å². The molecule has 0 unspecified atom stereocenters. The van der Waals surface area contributed by atoms with Crippen LogP contribution in [-0.2, 0) is 0 Å². The van der Waals surface area contributed by atoms with Crippen molar-refractivity contribution in [2.45, 2.75) is 0 Å². The summed E-state index contributed by atoms with van der Waals surface area (Å²) in [6, 6.07) is 13.4. The third kappa shape index (κ3) is 1.48. The van der Waals surface area contributed by atoms with Crippen molar-refractivity contribution in [2.24, 2.45) is 0 Å². The molecule has 3 aromatic rings. The monoisotopic (exact) mass is 212 g/mol. The van der Waals surface area contributed by atoms with E-state index in [1.54, 1.807) is 16.8 Å². The number of rotatable bonds is 2. The predicted molar refractivity (Wildman–Crippen MR) is 57.3 cm³/mol. The summed E-state index contributed by atoms with van der Waals surface area (Å²) in [6.45, 7) is 0. The highest BCUT2D eigenvalue weighted by atomic mass is 16.5. The summed E-state index contributed by atoms with van der Waals surface area (Å²) in [5.41, 5.74) is 0.661. The number of fused-ring (bicyclic) bond motifs is 1. The molecule has 2 aromatic heterocycles. The van der Waals surface area contributed by atoms with Crippen LogP contribution >= 0.6 is 0 Å². The highest BCUT2D eigenvalue weighted by molar-refractivity contribution is 5.37. The van der Waals surface area contributed by atoms with E-state index in [1.807, 2.05) is 36.4 Å². The Morgan fingerprint density at radius 1 is 0.938 bits per heavy atom. The van der Waals surface area contributed by atoms with Crippen LogP contribution in [0.2, 0.25) is 0 Å². The van der Waals surface area contributed by atoms with Gasteiger partial charge in [-0.2, -0.15) is 9.61 Å². The second kappa shape index (κ2) is 3.62. The molecule has 5 nitrogen and oxygen atoms in total. The lowest BCUT2D eigenvalue weighted by Crippen LogP contribution is -1.94. The third-order valence-electron chi connectivity index (χ3n) is 2.10. The standard InChI is InChI=1S/C11H8N4O/c1-2-5-9(6-3-1)16-11-14-13-10-7-4-8-12-15(10)11/h1-8H. The molecule has 0 spiro atoms. The van der Waals surface area contributed by atoms with Gasteiger partial charge in [0.05, 0.1) is 0 Å². The first-order valence-electron chi connectivity index (χ1n) is 4.83. The summed E-state index contributed by atoms with van der Waals surface area (Å²) in [4.78, 5) is 0. The van der Waals surface area contributed by atoms with Gasteiger partial charge in [-0.3, -0.25) is 0 Å². The van der Waals surface area contributed by atoms with Crippen LogP contribution < -0.4 is 4.74 Å². The predicted octanol–water partition coefficient (Wildman–Crippen LogP) is 1.92. The second-order valence-electron chi connectivity index (χ2n) is 3.19. The average Bonchev–Trinajstić information content (AvgIpc) is 2.74. The van der Waals surface area contributed by atoms with Gasteiger partial charge in [-0.25, -0.2) is 0 Å². The highest BCUT2D eigenvalue weighted by Gasteiger charge is 2.07. The number of ether oxygens (including phenoxy) is 1. The van der Waals surface area contributed by atoms with E-state index in [9.17, 15) is 0 Å². The van der Waals surface area contributed by atoms with Crippen LogP contribution in [0.15, 0.2) is 48.7 Å². The van der Waals surface area contributed by atoms with E-state index in [1.165, 1.54) is 0 Å². The van der Waals surface area contributed by atoms with Crippen molar-refractivity contribution < 1.29 is 4.74 Å². The number of para-hydroxylation sites is 1. The molecule has 16 heavy (non-hydrogen) atoms. The molecule has 3 rings (SSSR count). The number of nitrogens with zero attached hydrogens (tertiary/aromatic N) is 4. The molecule has 0 radical (unpaired) electrons. The van der Waals surface area contributed by atoms with Gasteiger partial charge < -0.3 is 4.74 Å². The van der Waals surface area contributed by atoms with E-state index in [2.05, 4.69) is 15.3 Å². The van der Waals surface area contributed by atoms with E-state index in [-0.39, 0.29) is 0 Å². The molecule has 0 bridgehead atoms. The minimum atomic E-state index is 0.363.